The van der Waals surface area contributed by atoms with E-state index in [1.807, 2.05) is 0 Å². The van der Waals surface area contributed by atoms with Gasteiger partial charge in [-0.2, -0.15) is 0 Å². The second-order valence-electron chi connectivity index (χ2n) is 12.7. The number of rotatable bonds is 15. The summed E-state index contributed by atoms with van der Waals surface area (Å²) in [6.45, 7) is 0. The van der Waals surface area contributed by atoms with Gasteiger partial charge in [0.1, 0.15) is 0 Å². The second-order valence-corrected chi connectivity index (χ2v) is 15.5. The summed E-state index contributed by atoms with van der Waals surface area (Å²) in [6.07, 6.45) is 0. The van der Waals surface area contributed by atoms with Gasteiger partial charge in [0.25, 0.3) is 17.7 Å². The number of nitrogens with one attached hydrogen (secondary N) is 3. The van der Waals surface area contributed by atoms with Crippen LogP contribution in [0.4, 0.5) is 17.1 Å². The molecule has 6 aromatic rings. The zero-order valence-corrected chi connectivity index (χ0v) is 34.0. The molecule has 0 aromatic heterocycles. The maximum Gasteiger partial charge on any atom is 0.259 e. The van der Waals surface area contributed by atoms with E-state index in [0.29, 0.717) is 50.2 Å². The van der Waals surface area contributed by atoms with Crippen molar-refractivity contribution in [2.45, 2.75) is 0 Å². The Balaban J connectivity index is 1.32. The summed E-state index contributed by atoms with van der Waals surface area (Å²) in [5, 5.41) is 10.0. The number of carbonyl (C=O) groups excluding carboxylic acids is 3. The molecule has 302 valence electrons. The van der Waals surface area contributed by atoms with Gasteiger partial charge in [-0.25, -0.2) is 0 Å². The zero-order chi connectivity index (χ0) is 42.1. The molecule has 6 rings (SSSR count). The van der Waals surface area contributed by atoms with Crippen molar-refractivity contribution in [1.82, 2.24) is 0 Å². The van der Waals surface area contributed by atoms with E-state index in [1.54, 1.807) is 127 Å². The van der Waals surface area contributed by atoms with E-state index in [-0.39, 0.29) is 33.9 Å². The third-order valence-corrected chi connectivity index (χ3v) is 12.5. The van der Waals surface area contributed by atoms with Crippen LogP contribution in [0.15, 0.2) is 127 Å². The summed E-state index contributed by atoms with van der Waals surface area (Å²) in [7, 11) is 5.21. The van der Waals surface area contributed by atoms with Crippen LogP contribution in [0, 0.1) is 0 Å². The average Bonchev–Trinajstić information content (AvgIpc) is 3.28. The van der Waals surface area contributed by atoms with Gasteiger partial charge in [-0.3, -0.25) is 14.4 Å². The van der Waals surface area contributed by atoms with Gasteiger partial charge in [-0.1, -0.05) is 18.2 Å². The lowest BCUT2D eigenvalue weighted by atomic mass is 10.1. The van der Waals surface area contributed by atoms with E-state index in [9.17, 15) is 14.4 Å². The molecule has 3 amide bonds. The Morgan fingerprint density at radius 3 is 0.847 bits per heavy atom. The predicted molar refractivity (Wildman–Crippen MR) is 228 cm³/mol. The smallest absolute Gasteiger partial charge is 0.259 e. The lowest BCUT2D eigenvalue weighted by Crippen LogP contribution is -2.25. The monoisotopic (exact) mass is 815 g/mol. The van der Waals surface area contributed by atoms with Gasteiger partial charge in [0.2, 0.25) is 0 Å². The molecule has 0 aliphatic rings. The molecule has 6 aromatic carbocycles. The molecule has 0 heterocycles. The Morgan fingerprint density at radius 2 is 0.627 bits per heavy atom. The number of amides is 3. The summed E-state index contributed by atoms with van der Waals surface area (Å²) < 4.78 is 48.0. The van der Waals surface area contributed by atoms with Crippen LogP contribution in [0.1, 0.15) is 31.1 Å². The molecule has 59 heavy (non-hydrogen) atoms. The Hall–Kier alpha value is -7.24. The average molecular weight is 816 g/mol. The fourth-order valence-corrected chi connectivity index (χ4v) is 9.11. The first-order valence-electron chi connectivity index (χ1n) is 18.1. The van der Waals surface area contributed by atoms with Crippen LogP contribution in [0.5, 0.6) is 34.5 Å². The highest BCUT2D eigenvalue weighted by Gasteiger charge is 2.30. The number of carbonyl (C=O) groups is 3. The quantitative estimate of drug-likeness (QED) is 0.0911. The van der Waals surface area contributed by atoms with Crippen molar-refractivity contribution in [3.8, 4) is 34.5 Å². The van der Waals surface area contributed by atoms with E-state index in [0.717, 1.165) is 0 Å². The van der Waals surface area contributed by atoms with Crippen LogP contribution in [0.3, 0.4) is 0 Å². The number of para-hydroxylation sites is 3. The third kappa shape index (κ3) is 8.56. The topological polar surface area (TPSA) is 160 Å². The fraction of sp³-hybridized carbons (Fsp3) is 0.133. The molecule has 0 aliphatic heterocycles. The van der Waals surface area contributed by atoms with E-state index >= 15 is 4.57 Å². The molecule has 0 saturated heterocycles. The minimum atomic E-state index is -3.63. The zero-order valence-electron chi connectivity index (χ0n) is 33.2. The summed E-state index contributed by atoms with van der Waals surface area (Å²) in [6, 6.07) is 35.1. The highest BCUT2D eigenvalue weighted by Crippen LogP contribution is 2.43. The van der Waals surface area contributed by atoms with E-state index in [1.165, 1.54) is 42.7 Å². The predicted octanol–water partition coefficient (Wildman–Crippen LogP) is 7.13. The Morgan fingerprint density at radius 1 is 0.373 bits per heavy atom. The van der Waals surface area contributed by atoms with Crippen molar-refractivity contribution >= 4 is 57.8 Å². The summed E-state index contributed by atoms with van der Waals surface area (Å²) >= 11 is 0. The molecule has 0 bridgehead atoms. The molecule has 0 saturated carbocycles. The van der Waals surface area contributed by atoms with Crippen LogP contribution < -0.4 is 60.3 Å². The van der Waals surface area contributed by atoms with Crippen molar-refractivity contribution < 1.29 is 47.4 Å². The fourth-order valence-electron chi connectivity index (χ4n) is 6.50. The molecular weight excluding hydrogens is 773 g/mol. The van der Waals surface area contributed by atoms with Crippen LogP contribution in [0.25, 0.3) is 0 Å². The number of hydrogen-bond acceptors (Lipinski definition) is 10. The normalized spacial score (nSPS) is 10.8. The molecule has 13 nitrogen and oxygen atoms in total. The summed E-state index contributed by atoms with van der Waals surface area (Å²) in [5.74, 6) is 0.822. The number of anilines is 3. The maximum absolute atomic E-state index is 15.6. The Kier molecular flexibility index (Phi) is 12.9. The van der Waals surface area contributed by atoms with Gasteiger partial charge < -0.3 is 48.9 Å². The second kappa shape index (κ2) is 18.4. The van der Waals surface area contributed by atoms with Crippen molar-refractivity contribution in [2.75, 3.05) is 58.6 Å². The molecule has 14 heteroatoms. The minimum Gasteiger partial charge on any atom is -0.493 e. The molecule has 0 spiro atoms. The SMILES string of the molecule is COc1cccc(C(=O)Nc2ccc(P(=O)(c3ccc(NC(=O)c4cccc(OC)c4OC)cc3)c3ccc(NC(=O)c4cccc(OC)c4OC)cc3)cc2)c1OC. The number of ether oxygens (including phenoxy) is 6. The van der Waals surface area contributed by atoms with Crippen LogP contribution in [-0.2, 0) is 4.57 Å². The molecule has 0 fully saturated rings. The summed E-state index contributed by atoms with van der Waals surface area (Å²) in [5.41, 5.74) is 2.17. The molecular formula is C45H42N3O10P. The Bertz CT molecular complexity index is 2250. The molecule has 0 aliphatic carbocycles. The van der Waals surface area contributed by atoms with Gasteiger partial charge >= 0.3 is 0 Å². The van der Waals surface area contributed by atoms with Gasteiger partial charge in [-0.15, -0.1) is 0 Å². The first-order valence-corrected chi connectivity index (χ1v) is 19.8. The van der Waals surface area contributed by atoms with E-state index in [4.69, 9.17) is 28.4 Å². The lowest BCUT2D eigenvalue weighted by Gasteiger charge is -2.21. The molecule has 0 unspecified atom stereocenters. The highest BCUT2D eigenvalue weighted by atomic mass is 31.2. The van der Waals surface area contributed by atoms with Crippen LogP contribution in [-0.4, -0.2) is 60.4 Å². The van der Waals surface area contributed by atoms with E-state index < -0.39 is 24.9 Å². The number of hydrogen-bond donors (Lipinski definition) is 3. The van der Waals surface area contributed by atoms with Crippen molar-refractivity contribution in [1.29, 1.82) is 0 Å². The Labute approximate surface area is 341 Å². The van der Waals surface area contributed by atoms with Gasteiger partial charge in [-0.05, 0) is 109 Å². The minimum absolute atomic E-state index is 0.274. The summed E-state index contributed by atoms with van der Waals surface area (Å²) in [4.78, 5) is 40.0. The van der Waals surface area contributed by atoms with Crippen LogP contribution in [0.2, 0.25) is 0 Å². The first kappa shape index (κ1) is 41.4. The molecule has 3 N–H and O–H groups in total. The van der Waals surface area contributed by atoms with E-state index in [2.05, 4.69) is 16.0 Å². The largest absolute Gasteiger partial charge is 0.493 e. The van der Waals surface area contributed by atoms with Gasteiger partial charge in [0.15, 0.2) is 41.6 Å². The van der Waals surface area contributed by atoms with Crippen LogP contribution >= 0.6 is 7.14 Å². The molecule has 0 radical (unpaired) electrons. The van der Waals surface area contributed by atoms with Crippen molar-refractivity contribution in [3.63, 3.8) is 0 Å². The van der Waals surface area contributed by atoms with Gasteiger partial charge in [0.05, 0.1) is 59.3 Å². The number of benzene rings is 6. The lowest BCUT2D eigenvalue weighted by molar-refractivity contribution is 0.101. The van der Waals surface area contributed by atoms with Crippen molar-refractivity contribution in [3.05, 3.63) is 144 Å². The third-order valence-electron chi connectivity index (χ3n) is 9.41. The maximum atomic E-state index is 15.6. The molecule has 0 atom stereocenters. The van der Waals surface area contributed by atoms with Crippen molar-refractivity contribution in [2.24, 2.45) is 0 Å². The van der Waals surface area contributed by atoms with Gasteiger partial charge in [0, 0.05) is 33.0 Å². The standard InChI is InChI=1S/C45H42N3O10P/c1-53-37-13-7-10-34(40(37)56-4)43(49)46-28-16-22-31(23-17-28)59(52,32-24-18-29(19-25-32)47-44(50)35-11-8-14-38(54-2)41(35)57-5)33-26-20-30(21-27-33)48-45(51)36-12-9-15-39(55-3)42(36)58-6/h7-27H,1-6H3,(H,46,49)(H,47,50)(H,48,51). The number of methoxy groups -OCH3 is 6. The first-order chi connectivity index (χ1) is 28.6. The highest BCUT2D eigenvalue weighted by molar-refractivity contribution is 7.85.